The fourth-order valence-electron chi connectivity index (χ4n) is 2.51. The summed E-state index contributed by atoms with van der Waals surface area (Å²) in [4.78, 5) is 10.5. The van der Waals surface area contributed by atoms with E-state index < -0.39 is 12.2 Å². The van der Waals surface area contributed by atoms with E-state index in [0.29, 0.717) is 12.1 Å². The van der Waals surface area contributed by atoms with Gasteiger partial charge in [-0.3, -0.25) is 0 Å². The molecule has 0 aliphatic carbocycles. The van der Waals surface area contributed by atoms with Crippen molar-refractivity contribution in [3.05, 3.63) is 35.4 Å². The summed E-state index contributed by atoms with van der Waals surface area (Å²) in [6.45, 7) is -0.198. The molecule has 0 amide bonds. The molecular formula is C13H14N2O4. The van der Waals surface area contributed by atoms with E-state index in [1.54, 1.807) is 18.2 Å². The summed E-state index contributed by atoms with van der Waals surface area (Å²) >= 11 is 0. The van der Waals surface area contributed by atoms with Gasteiger partial charge in [-0.15, -0.1) is 4.91 Å². The molecule has 3 atom stereocenters. The first kappa shape index (κ1) is 12.3. The molecule has 1 aromatic heterocycles. The Morgan fingerprint density at radius 1 is 1.42 bits per heavy atom. The standard InChI is InChI=1S/C13H14N2O4/c16-7-12-11(17)6-13(19-12)15-4-3-8-5-9(14-18)1-2-10(8)15/h1-5,11-13,16-17H,6-7H2. The number of aromatic nitrogens is 1. The molecule has 2 N–H and O–H groups in total. The van der Waals surface area contributed by atoms with Crippen LogP contribution in [0.4, 0.5) is 5.69 Å². The van der Waals surface area contributed by atoms with Gasteiger partial charge in [0.25, 0.3) is 0 Å². The lowest BCUT2D eigenvalue weighted by atomic mass is 10.2. The first-order valence-corrected chi connectivity index (χ1v) is 6.11. The maximum absolute atomic E-state index is 10.5. The second kappa shape index (κ2) is 4.73. The summed E-state index contributed by atoms with van der Waals surface area (Å²) in [5.74, 6) is 0. The van der Waals surface area contributed by atoms with Crippen molar-refractivity contribution in [1.29, 1.82) is 0 Å². The number of ether oxygens (including phenoxy) is 1. The molecule has 1 aliphatic rings. The van der Waals surface area contributed by atoms with Crippen molar-refractivity contribution in [2.75, 3.05) is 6.61 Å². The molecule has 0 spiro atoms. The molecule has 1 fully saturated rings. The number of hydrogen-bond donors (Lipinski definition) is 2. The third-order valence-corrected chi connectivity index (χ3v) is 3.50. The monoisotopic (exact) mass is 262 g/mol. The van der Waals surface area contributed by atoms with Gasteiger partial charge < -0.3 is 19.5 Å². The van der Waals surface area contributed by atoms with Gasteiger partial charge in [0.1, 0.15) is 18.0 Å². The normalized spacial score (nSPS) is 26.9. The van der Waals surface area contributed by atoms with Crippen molar-refractivity contribution in [2.45, 2.75) is 24.9 Å². The van der Waals surface area contributed by atoms with E-state index >= 15 is 0 Å². The van der Waals surface area contributed by atoms with Crippen molar-refractivity contribution >= 4 is 16.6 Å². The van der Waals surface area contributed by atoms with Crippen LogP contribution in [0.2, 0.25) is 0 Å². The number of rotatable bonds is 3. The van der Waals surface area contributed by atoms with Crippen LogP contribution in [-0.2, 0) is 4.74 Å². The van der Waals surface area contributed by atoms with Gasteiger partial charge in [0, 0.05) is 18.0 Å². The third kappa shape index (κ3) is 2.03. The zero-order valence-corrected chi connectivity index (χ0v) is 10.1. The van der Waals surface area contributed by atoms with Crippen molar-refractivity contribution in [2.24, 2.45) is 5.18 Å². The average Bonchev–Trinajstić information content (AvgIpc) is 3.00. The molecule has 3 rings (SSSR count). The molecular weight excluding hydrogens is 248 g/mol. The van der Waals surface area contributed by atoms with Gasteiger partial charge in [0.05, 0.1) is 18.2 Å². The topological polar surface area (TPSA) is 84.1 Å². The van der Waals surface area contributed by atoms with Crippen LogP contribution in [0, 0.1) is 4.91 Å². The summed E-state index contributed by atoms with van der Waals surface area (Å²) in [5, 5.41) is 22.6. The molecule has 0 radical (unpaired) electrons. The number of benzene rings is 1. The van der Waals surface area contributed by atoms with E-state index in [-0.39, 0.29) is 12.8 Å². The summed E-state index contributed by atoms with van der Waals surface area (Å²) < 4.78 is 7.50. The van der Waals surface area contributed by atoms with Gasteiger partial charge in [-0.2, -0.15) is 0 Å². The second-order valence-corrected chi connectivity index (χ2v) is 4.67. The Balaban J connectivity index is 1.96. The van der Waals surface area contributed by atoms with E-state index in [9.17, 15) is 10.0 Å². The lowest BCUT2D eigenvalue weighted by molar-refractivity contribution is -0.0428. The Labute approximate surface area is 109 Å². The fourth-order valence-corrected chi connectivity index (χ4v) is 2.51. The highest BCUT2D eigenvalue weighted by Gasteiger charge is 2.34. The van der Waals surface area contributed by atoms with E-state index in [0.717, 1.165) is 10.9 Å². The largest absolute Gasteiger partial charge is 0.394 e. The second-order valence-electron chi connectivity index (χ2n) is 4.67. The van der Waals surface area contributed by atoms with Gasteiger partial charge in [-0.1, -0.05) is 0 Å². The molecule has 0 saturated carbocycles. The molecule has 0 bridgehead atoms. The van der Waals surface area contributed by atoms with Crippen LogP contribution in [0.25, 0.3) is 10.9 Å². The van der Waals surface area contributed by atoms with Crippen LogP contribution in [0.15, 0.2) is 35.6 Å². The third-order valence-electron chi connectivity index (χ3n) is 3.50. The Morgan fingerprint density at radius 2 is 2.26 bits per heavy atom. The number of nitroso groups, excluding NO2 is 1. The van der Waals surface area contributed by atoms with Crippen LogP contribution in [0.1, 0.15) is 12.6 Å². The zero-order valence-electron chi connectivity index (χ0n) is 10.1. The number of aliphatic hydroxyl groups is 2. The van der Waals surface area contributed by atoms with Gasteiger partial charge in [-0.05, 0) is 29.4 Å². The molecule has 19 heavy (non-hydrogen) atoms. The Kier molecular flexibility index (Phi) is 3.06. The minimum atomic E-state index is -0.664. The molecule has 6 nitrogen and oxygen atoms in total. The molecule has 3 unspecified atom stereocenters. The van der Waals surface area contributed by atoms with Crippen molar-refractivity contribution < 1.29 is 14.9 Å². The smallest absolute Gasteiger partial charge is 0.137 e. The lowest BCUT2D eigenvalue weighted by Crippen LogP contribution is -2.24. The van der Waals surface area contributed by atoms with E-state index in [1.165, 1.54) is 0 Å². The number of aliphatic hydroxyl groups excluding tert-OH is 2. The SMILES string of the molecule is O=Nc1ccc2c(ccn2C2CC(O)C(CO)O2)c1. The first-order valence-electron chi connectivity index (χ1n) is 6.11. The van der Waals surface area contributed by atoms with E-state index in [1.807, 2.05) is 16.8 Å². The number of hydrogen-bond acceptors (Lipinski definition) is 5. The van der Waals surface area contributed by atoms with E-state index in [4.69, 9.17) is 9.84 Å². The van der Waals surface area contributed by atoms with Crippen molar-refractivity contribution in [3.8, 4) is 0 Å². The lowest BCUT2D eigenvalue weighted by Gasteiger charge is -2.14. The van der Waals surface area contributed by atoms with Gasteiger partial charge in [-0.25, -0.2) is 0 Å². The molecule has 2 aromatic rings. The highest BCUT2D eigenvalue weighted by Crippen LogP contribution is 2.32. The minimum absolute atomic E-state index is 0.198. The van der Waals surface area contributed by atoms with Crippen LogP contribution < -0.4 is 0 Å². The van der Waals surface area contributed by atoms with Crippen LogP contribution in [0.3, 0.4) is 0 Å². The Bertz CT molecular complexity index is 610. The quantitative estimate of drug-likeness (QED) is 0.824. The van der Waals surface area contributed by atoms with Gasteiger partial charge in [0.2, 0.25) is 0 Å². The summed E-state index contributed by atoms with van der Waals surface area (Å²) in [6.07, 6.45) is 0.764. The predicted molar refractivity (Wildman–Crippen MR) is 69.0 cm³/mol. The molecule has 100 valence electrons. The van der Waals surface area contributed by atoms with Gasteiger partial charge in [0.15, 0.2) is 0 Å². The predicted octanol–water partition coefficient (Wildman–Crippen LogP) is 1.68. The Morgan fingerprint density at radius 3 is 2.95 bits per heavy atom. The summed E-state index contributed by atoms with van der Waals surface area (Å²) in [6, 6.07) is 7.01. The molecule has 2 heterocycles. The summed E-state index contributed by atoms with van der Waals surface area (Å²) in [7, 11) is 0. The zero-order chi connectivity index (χ0) is 13.4. The molecule has 1 aliphatic heterocycles. The Hall–Kier alpha value is -1.76. The number of fused-ring (bicyclic) bond motifs is 1. The van der Waals surface area contributed by atoms with Gasteiger partial charge >= 0.3 is 0 Å². The average molecular weight is 262 g/mol. The molecule has 1 aromatic carbocycles. The molecule has 1 saturated heterocycles. The first-order chi connectivity index (χ1) is 9.22. The maximum atomic E-state index is 10.5. The van der Waals surface area contributed by atoms with Crippen molar-refractivity contribution in [1.82, 2.24) is 4.57 Å². The van der Waals surface area contributed by atoms with Crippen molar-refractivity contribution in [3.63, 3.8) is 0 Å². The maximum Gasteiger partial charge on any atom is 0.137 e. The van der Waals surface area contributed by atoms with Crippen LogP contribution in [-0.4, -0.2) is 33.6 Å². The van der Waals surface area contributed by atoms with Crippen LogP contribution in [0.5, 0.6) is 0 Å². The summed E-state index contributed by atoms with van der Waals surface area (Å²) in [5.41, 5.74) is 1.29. The number of nitrogens with zero attached hydrogens (tertiary/aromatic N) is 2. The highest BCUT2D eigenvalue weighted by molar-refractivity contribution is 5.83. The van der Waals surface area contributed by atoms with E-state index in [2.05, 4.69) is 5.18 Å². The van der Waals surface area contributed by atoms with Crippen LogP contribution >= 0.6 is 0 Å². The minimum Gasteiger partial charge on any atom is -0.394 e. The molecule has 6 heteroatoms. The highest BCUT2D eigenvalue weighted by atomic mass is 16.5. The fraction of sp³-hybridized carbons (Fsp3) is 0.385.